The van der Waals surface area contributed by atoms with Gasteiger partial charge in [0.05, 0.1) is 7.11 Å². The molecule has 0 aliphatic heterocycles. The van der Waals surface area contributed by atoms with E-state index in [0.29, 0.717) is 0 Å². The molecular formula is C22H49O6P. The zero-order valence-electron chi connectivity index (χ0n) is 20.6. The maximum atomic E-state index is 10.7. The number of ether oxygens (including phenoxy) is 1. The normalized spacial score (nSPS) is 9.86. The van der Waals surface area contributed by atoms with Crippen LogP contribution in [0.2, 0.25) is 0 Å². The molecule has 0 radical (unpaired) electrons. The first-order valence-corrected chi connectivity index (χ1v) is 12.1. The molecule has 6 nitrogen and oxygen atoms in total. The Bertz CT molecular complexity index is 351. The Morgan fingerprint density at radius 3 is 1.48 bits per heavy atom. The van der Waals surface area contributed by atoms with Gasteiger partial charge in [0, 0.05) is 28.3 Å². The Balaban J connectivity index is -0.000000149. The van der Waals surface area contributed by atoms with Crippen LogP contribution in [0.15, 0.2) is 12.7 Å². The third kappa shape index (κ3) is 38.5. The summed E-state index contributed by atoms with van der Waals surface area (Å²) in [6.07, 6.45) is 14.2. The number of hydrogen-bond acceptors (Lipinski definition) is 6. The van der Waals surface area contributed by atoms with Crippen LogP contribution in [0.3, 0.4) is 0 Å². The second-order valence-corrected chi connectivity index (χ2v) is 8.45. The quantitative estimate of drug-likeness (QED) is 0.135. The fourth-order valence-electron chi connectivity index (χ4n) is 1.58. The number of methoxy groups -OCH3 is 1. The third-order valence-corrected chi connectivity index (χ3v) is 5.46. The summed E-state index contributed by atoms with van der Waals surface area (Å²) in [7, 11) is 1.96. The van der Waals surface area contributed by atoms with E-state index in [2.05, 4.69) is 52.6 Å². The molecule has 0 aliphatic carbocycles. The van der Waals surface area contributed by atoms with Crippen molar-refractivity contribution in [3.63, 3.8) is 0 Å². The number of allylic oxidation sites excluding steroid dienone is 1. The zero-order chi connectivity index (χ0) is 23.6. The molecule has 0 aromatic heterocycles. The van der Waals surface area contributed by atoms with Crippen molar-refractivity contribution in [1.82, 2.24) is 0 Å². The lowest BCUT2D eigenvalue weighted by Crippen LogP contribution is -1.88. The van der Waals surface area contributed by atoms with Crippen molar-refractivity contribution in [2.75, 3.05) is 28.4 Å². The van der Waals surface area contributed by atoms with Crippen molar-refractivity contribution in [1.29, 1.82) is 0 Å². The van der Waals surface area contributed by atoms with Gasteiger partial charge in [0.2, 0.25) is 0 Å². The van der Waals surface area contributed by atoms with Gasteiger partial charge in [0.15, 0.2) is 0 Å². The summed E-state index contributed by atoms with van der Waals surface area (Å²) in [4.78, 5) is 9.59. The SMILES string of the molecule is C=CCCCCCCCC.CCC(C)CC.COC(C)=O.COP(=O)(OC)OC. The number of unbranched alkanes of at least 4 members (excludes halogenated alkanes) is 6. The van der Waals surface area contributed by atoms with Crippen molar-refractivity contribution in [2.24, 2.45) is 5.92 Å². The van der Waals surface area contributed by atoms with Gasteiger partial charge >= 0.3 is 13.8 Å². The van der Waals surface area contributed by atoms with E-state index in [0.717, 1.165) is 5.92 Å². The minimum atomic E-state index is -3.16. The highest BCUT2D eigenvalue weighted by Gasteiger charge is 2.18. The Hall–Kier alpha value is -0.680. The number of esters is 1. The fourth-order valence-corrected chi connectivity index (χ4v) is 2.03. The van der Waals surface area contributed by atoms with Crippen molar-refractivity contribution in [3.8, 4) is 0 Å². The van der Waals surface area contributed by atoms with Gasteiger partial charge in [-0.05, 0) is 18.8 Å². The fraction of sp³-hybridized carbons (Fsp3) is 0.864. The maximum Gasteiger partial charge on any atom is 0.473 e. The largest absolute Gasteiger partial charge is 0.473 e. The van der Waals surface area contributed by atoms with E-state index in [9.17, 15) is 9.36 Å². The summed E-state index contributed by atoms with van der Waals surface area (Å²) >= 11 is 0. The molecule has 7 heteroatoms. The average molecular weight is 441 g/mol. The Morgan fingerprint density at radius 1 is 0.897 bits per heavy atom. The number of hydrogen-bond donors (Lipinski definition) is 0. The third-order valence-electron chi connectivity index (χ3n) is 4.11. The smallest absolute Gasteiger partial charge is 0.469 e. The van der Waals surface area contributed by atoms with Crippen LogP contribution in [-0.4, -0.2) is 34.4 Å². The van der Waals surface area contributed by atoms with Gasteiger partial charge in [-0.15, -0.1) is 6.58 Å². The summed E-state index contributed by atoms with van der Waals surface area (Å²) < 4.78 is 27.8. The molecule has 0 aromatic rings. The Labute approximate surface area is 181 Å². The molecule has 0 N–H and O–H groups in total. The molecule has 0 saturated heterocycles. The van der Waals surface area contributed by atoms with Crippen LogP contribution in [0, 0.1) is 5.92 Å². The zero-order valence-corrected chi connectivity index (χ0v) is 21.5. The lowest BCUT2D eigenvalue weighted by Gasteiger charge is -2.08. The monoisotopic (exact) mass is 440 g/mol. The van der Waals surface area contributed by atoms with E-state index in [1.807, 2.05) is 6.08 Å². The molecule has 0 amide bonds. The summed E-state index contributed by atoms with van der Waals surface area (Å²) in [6, 6.07) is 0. The topological polar surface area (TPSA) is 71.1 Å². The Morgan fingerprint density at radius 2 is 1.28 bits per heavy atom. The van der Waals surface area contributed by atoms with Gasteiger partial charge in [0.1, 0.15) is 0 Å². The molecule has 0 fully saturated rings. The van der Waals surface area contributed by atoms with Crippen LogP contribution < -0.4 is 0 Å². The van der Waals surface area contributed by atoms with E-state index in [-0.39, 0.29) is 5.97 Å². The van der Waals surface area contributed by atoms with Gasteiger partial charge in [-0.25, -0.2) is 4.57 Å². The van der Waals surface area contributed by atoms with Crippen LogP contribution in [0.25, 0.3) is 0 Å². The van der Waals surface area contributed by atoms with Crippen molar-refractivity contribution in [2.45, 2.75) is 92.4 Å². The highest BCUT2D eigenvalue weighted by molar-refractivity contribution is 7.48. The highest BCUT2D eigenvalue weighted by Crippen LogP contribution is 2.46. The molecule has 29 heavy (non-hydrogen) atoms. The van der Waals surface area contributed by atoms with E-state index in [4.69, 9.17) is 0 Å². The molecule has 0 rings (SSSR count). The summed E-state index contributed by atoms with van der Waals surface area (Å²) in [5.74, 6) is 0.690. The number of carbonyl (C=O) groups excluding carboxylic acids is 1. The minimum Gasteiger partial charge on any atom is -0.469 e. The van der Waals surface area contributed by atoms with Crippen LogP contribution in [0.5, 0.6) is 0 Å². The minimum absolute atomic E-state index is 0.245. The molecule has 0 atom stereocenters. The molecular weight excluding hydrogens is 391 g/mol. The molecule has 0 bridgehead atoms. The molecule has 178 valence electrons. The van der Waals surface area contributed by atoms with Gasteiger partial charge < -0.3 is 4.74 Å². The predicted octanol–water partition coefficient (Wildman–Crippen LogP) is 7.58. The molecule has 0 spiro atoms. The molecule has 0 aliphatic rings. The van der Waals surface area contributed by atoms with Crippen LogP contribution >= 0.6 is 7.82 Å². The molecule has 0 saturated carbocycles. The summed E-state index contributed by atoms with van der Waals surface area (Å²) in [5, 5.41) is 0. The first-order valence-electron chi connectivity index (χ1n) is 10.6. The maximum absolute atomic E-state index is 10.7. The van der Waals surface area contributed by atoms with E-state index in [1.165, 1.54) is 93.2 Å². The first-order chi connectivity index (χ1) is 13.7. The van der Waals surface area contributed by atoms with E-state index in [1.54, 1.807) is 0 Å². The number of carbonyl (C=O) groups is 1. The molecule has 0 aromatic carbocycles. The van der Waals surface area contributed by atoms with Crippen molar-refractivity contribution >= 4 is 13.8 Å². The van der Waals surface area contributed by atoms with Crippen molar-refractivity contribution < 1.29 is 27.7 Å². The highest BCUT2D eigenvalue weighted by atomic mass is 31.2. The van der Waals surface area contributed by atoms with Crippen LogP contribution in [-0.2, 0) is 27.7 Å². The standard InChI is InChI=1S/C10H20.C6H14.C3H9O4P.C3H6O2/c1-3-5-7-9-10-8-6-4-2;1-4-6(3)5-2;1-5-8(4,6-2)7-3;1-3(4)5-2/h3H,1,4-10H2,2H3;6H,4-5H2,1-3H3;1-3H3;1-2H3. The second kappa shape index (κ2) is 29.5. The number of rotatable bonds is 12. The average Bonchev–Trinajstić information content (AvgIpc) is 2.76. The Kier molecular flexibility index (Phi) is 36.4. The van der Waals surface area contributed by atoms with E-state index < -0.39 is 7.82 Å². The molecule has 0 heterocycles. The van der Waals surface area contributed by atoms with E-state index >= 15 is 0 Å². The van der Waals surface area contributed by atoms with Gasteiger partial charge in [-0.2, -0.15) is 0 Å². The van der Waals surface area contributed by atoms with Gasteiger partial charge in [-0.1, -0.05) is 78.7 Å². The van der Waals surface area contributed by atoms with Gasteiger partial charge in [0.25, 0.3) is 0 Å². The second-order valence-electron chi connectivity index (χ2n) is 6.46. The summed E-state index contributed by atoms with van der Waals surface area (Å²) in [6.45, 7) is 14.0. The lowest BCUT2D eigenvalue weighted by atomic mass is 10.1. The van der Waals surface area contributed by atoms with Crippen molar-refractivity contribution in [3.05, 3.63) is 12.7 Å². The predicted molar refractivity (Wildman–Crippen MR) is 124 cm³/mol. The summed E-state index contributed by atoms with van der Waals surface area (Å²) in [5.41, 5.74) is 0. The lowest BCUT2D eigenvalue weighted by molar-refractivity contribution is -0.137. The molecule has 0 unspecified atom stereocenters. The first kappa shape index (κ1) is 35.7. The van der Waals surface area contributed by atoms with Gasteiger partial charge in [-0.3, -0.25) is 18.4 Å². The number of phosphoric acid groups is 1. The van der Waals surface area contributed by atoms with Crippen LogP contribution in [0.4, 0.5) is 0 Å². The number of phosphoric ester groups is 1. The van der Waals surface area contributed by atoms with Crippen LogP contribution in [0.1, 0.15) is 92.4 Å².